The molecule has 0 unspecified atom stereocenters. The van der Waals surface area contributed by atoms with Crippen molar-refractivity contribution in [2.75, 3.05) is 13.1 Å². The van der Waals surface area contributed by atoms with Crippen LogP contribution in [0, 0.1) is 5.92 Å². The van der Waals surface area contributed by atoms with E-state index in [0.717, 1.165) is 19.5 Å². The molecule has 0 fully saturated rings. The van der Waals surface area contributed by atoms with E-state index in [1.54, 1.807) is 10.9 Å². The molecule has 0 spiro atoms. The van der Waals surface area contributed by atoms with Crippen molar-refractivity contribution in [3.8, 4) is 0 Å². The zero-order chi connectivity index (χ0) is 14.3. The van der Waals surface area contributed by atoms with Crippen molar-refractivity contribution in [1.82, 2.24) is 25.6 Å². The number of hydrogen-bond acceptors (Lipinski definition) is 4. The second-order valence-corrected chi connectivity index (χ2v) is 5.22. The third-order valence-corrected chi connectivity index (χ3v) is 2.83. The van der Waals surface area contributed by atoms with Crippen LogP contribution in [0.2, 0.25) is 0 Å². The van der Waals surface area contributed by atoms with Gasteiger partial charge < -0.3 is 10.6 Å². The van der Waals surface area contributed by atoms with Crippen molar-refractivity contribution < 1.29 is 4.79 Å². The van der Waals surface area contributed by atoms with Crippen molar-refractivity contribution in [2.24, 2.45) is 5.92 Å². The van der Waals surface area contributed by atoms with Gasteiger partial charge >= 0.3 is 0 Å². The molecule has 1 aromatic rings. The molecule has 6 nitrogen and oxygen atoms in total. The summed E-state index contributed by atoms with van der Waals surface area (Å²) in [6, 6.07) is 0.255. The predicted octanol–water partition coefficient (Wildman–Crippen LogP) is 1.05. The summed E-state index contributed by atoms with van der Waals surface area (Å²) >= 11 is 0. The summed E-state index contributed by atoms with van der Waals surface area (Å²) in [5.41, 5.74) is 0.382. The fraction of sp³-hybridized carbons (Fsp3) is 0.769. The van der Waals surface area contributed by atoms with Gasteiger partial charge in [-0.25, -0.2) is 0 Å². The highest BCUT2D eigenvalue weighted by Gasteiger charge is 2.11. The van der Waals surface area contributed by atoms with E-state index >= 15 is 0 Å². The second kappa shape index (κ2) is 7.89. The van der Waals surface area contributed by atoms with Crippen LogP contribution in [0.3, 0.4) is 0 Å². The summed E-state index contributed by atoms with van der Waals surface area (Å²) in [6.07, 6.45) is 2.73. The van der Waals surface area contributed by atoms with Gasteiger partial charge in [-0.2, -0.15) is 0 Å². The molecule has 1 rings (SSSR count). The minimum absolute atomic E-state index is 0.166. The summed E-state index contributed by atoms with van der Waals surface area (Å²) < 4.78 is 1.72. The predicted molar refractivity (Wildman–Crippen MR) is 74.9 cm³/mol. The highest BCUT2D eigenvalue weighted by Crippen LogP contribution is 2.02. The number of aryl methyl sites for hydroxylation is 1. The summed E-state index contributed by atoms with van der Waals surface area (Å²) in [5, 5.41) is 13.9. The lowest BCUT2D eigenvalue weighted by atomic mass is 10.1. The van der Waals surface area contributed by atoms with Gasteiger partial charge in [-0.05, 0) is 25.8 Å². The summed E-state index contributed by atoms with van der Waals surface area (Å²) in [7, 11) is 0. The number of likely N-dealkylation sites (N-methyl/N-ethyl adjacent to an activating group) is 1. The molecule has 1 amide bonds. The molecule has 0 radical (unpaired) electrons. The monoisotopic (exact) mass is 267 g/mol. The van der Waals surface area contributed by atoms with Crippen LogP contribution in [0.5, 0.6) is 0 Å². The van der Waals surface area contributed by atoms with Crippen LogP contribution in [0.25, 0.3) is 0 Å². The third kappa shape index (κ3) is 5.83. The van der Waals surface area contributed by atoms with Crippen LogP contribution in [-0.2, 0) is 6.54 Å². The van der Waals surface area contributed by atoms with Crippen molar-refractivity contribution in [2.45, 2.75) is 46.7 Å². The van der Waals surface area contributed by atoms with E-state index in [9.17, 15) is 4.79 Å². The van der Waals surface area contributed by atoms with Crippen molar-refractivity contribution >= 4 is 5.91 Å². The number of nitrogens with zero attached hydrogens (tertiary/aromatic N) is 3. The molecule has 19 heavy (non-hydrogen) atoms. The Morgan fingerprint density at radius 2 is 2.16 bits per heavy atom. The molecule has 2 N–H and O–H groups in total. The maximum Gasteiger partial charge on any atom is 0.273 e. The number of rotatable bonds is 8. The van der Waals surface area contributed by atoms with E-state index in [2.05, 4.69) is 34.8 Å². The smallest absolute Gasteiger partial charge is 0.273 e. The van der Waals surface area contributed by atoms with E-state index in [1.165, 1.54) is 0 Å². The van der Waals surface area contributed by atoms with E-state index in [1.807, 2.05) is 13.8 Å². The first-order chi connectivity index (χ1) is 9.02. The molecule has 1 atom stereocenters. The fourth-order valence-electron chi connectivity index (χ4n) is 1.66. The second-order valence-electron chi connectivity index (χ2n) is 5.22. The molecule has 0 bridgehead atoms. The average molecular weight is 267 g/mol. The SMILES string of the molecule is CCN[C@H](C)CNC(=O)c1cn(CCC(C)C)nn1. The minimum Gasteiger partial charge on any atom is -0.349 e. The first kappa shape index (κ1) is 15.6. The Morgan fingerprint density at radius 1 is 1.42 bits per heavy atom. The standard InChI is InChI=1S/C13H25N5O/c1-5-14-11(4)8-15-13(19)12-9-18(17-16-12)7-6-10(2)3/h9-11,14H,5-8H2,1-4H3,(H,15,19)/t11-/m1/s1. The van der Waals surface area contributed by atoms with E-state index in [0.29, 0.717) is 18.2 Å². The highest BCUT2D eigenvalue weighted by atomic mass is 16.2. The van der Waals surface area contributed by atoms with Gasteiger partial charge in [0.15, 0.2) is 5.69 Å². The summed E-state index contributed by atoms with van der Waals surface area (Å²) in [4.78, 5) is 11.9. The lowest BCUT2D eigenvalue weighted by Crippen LogP contribution is -2.38. The molecule has 108 valence electrons. The molecule has 0 aliphatic heterocycles. The van der Waals surface area contributed by atoms with Gasteiger partial charge in [0.05, 0.1) is 6.20 Å². The van der Waals surface area contributed by atoms with Gasteiger partial charge in [-0.15, -0.1) is 5.10 Å². The molecular formula is C13H25N5O. The maximum absolute atomic E-state index is 11.9. The van der Waals surface area contributed by atoms with Crippen LogP contribution in [-0.4, -0.2) is 40.0 Å². The number of carbonyl (C=O) groups is 1. The first-order valence-corrected chi connectivity index (χ1v) is 6.94. The first-order valence-electron chi connectivity index (χ1n) is 6.94. The van der Waals surface area contributed by atoms with Gasteiger partial charge in [0.25, 0.3) is 5.91 Å². The van der Waals surface area contributed by atoms with Crippen LogP contribution in [0.15, 0.2) is 6.20 Å². The Hall–Kier alpha value is -1.43. The van der Waals surface area contributed by atoms with Gasteiger partial charge in [-0.1, -0.05) is 26.0 Å². The average Bonchev–Trinajstić information content (AvgIpc) is 2.82. The summed E-state index contributed by atoms with van der Waals surface area (Å²) in [5.74, 6) is 0.447. The van der Waals surface area contributed by atoms with Crippen molar-refractivity contribution in [3.63, 3.8) is 0 Å². The van der Waals surface area contributed by atoms with Gasteiger partial charge in [-0.3, -0.25) is 9.48 Å². The number of hydrogen-bond donors (Lipinski definition) is 2. The Morgan fingerprint density at radius 3 is 2.79 bits per heavy atom. The molecule has 0 aromatic carbocycles. The zero-order valence-corrected chi connectivity index (χ0v) is 12.3. The Balaban J connectivity index is 2.40. The maximum atomic E-state index is 11.9. The van der Waals surface area contributed by atoms with Crippen molar-refractivity contribution in [1.29, 1.82) is 0 Å². The van der Waals surface area contributed by atoms with Gasteiger partial charge in [0.1, 0.15) is 0 Å². The third-order valence-electron chi connectivity index (χ3n) is 2.83. The van der Waals surface area contributed by atoms with Crippen LogP contribution in [0.4, 0.5) is 0 Å². The molecule has 0 aliphatic carbocycles. The molecule has 1 heterocycles. The van der Waals surface area contributed by atoms with Crippen LogP contribution < -0.4 is 10.6 Å². The van der Waals surface area contributed by atoms with Crippen LogP contribution in [0.1, 0.15) is 44.6 Å². The Kier molecular flexibility index (Phi) is 6.49. The number of nitrogens with one attached hydrogen (secondary N) is 2. The molecule has 0 saturated heterocycles. The summed E-state index contributed by atoms with van der Waals surface area (Å²) in [6.45, 7) is 10.7. The number of carbonyl (C=O) groups excluding carboxylic acids is 1. The topological polar surface area (TPSA) is 71.8 Å². The normalized spacial score (nSPS) is 12.7. The lowest BCUT2D eigenvalue weighted by molar-refractivity contribution is 0.0945. The number of aromatic nitrogens is 3. The van der Waals surface area contributed by atoms with E-state index in [4.69, 9.17) is 0 Å². The molecule has 0 saturated carbocycles. The number of amides is 1. The fourth-order valence-corrected chi connectivity index (χ4v) is 1.66. The quantitative estimate of drug-likeness (QED) is 0.738. The molecule has 1 aromatic heterocycles. The lowest BCUT2D eigenvalue weighted by Gasteiger charge is -2.12. The zero-order valence-electron chi connectivity index (χ0n) is 12.3. The van der Waals surface area contributed by atoms with E-state index < -0.39 is 0 Å². The molecular weight excluding hydrogens is 242 g/mol. The highest BCUT2D eigenvalue weighted by molar-refractivity contribution is 5.91. The van der Waals surface area contributed by atoms with Crippen molar-refractivity contribution in [3.05, 3.63) is 11.9 Å². The van der Waals surface area contributed by atoms with Gasteiger partial charge in [0, 0.05) is 19.1 Å². The largest absolute Gasteiger partial charge is 0.349 e. The van der Waals surface area contributed by atoms with E-state index in [-0.39, 0.29) is 11.9 Å². The van der Waals surface area contributed by atoms with Gasteiger partial charge in [0.2, 0.25) is 0 Å². The Labute approximate surface area is 115 Å². The Bertz CT molecular complexity index is 388. The van der Waals surface area contributed by atoms with Crippen LogP contribution >= 0.6 is 0 Å². The molecule has 6 heteroatoms. The minimum atomic E-state index is -0.166. The molecule has 0 aliphatic rings.